The van der Waals surface area contributed by atoms with Crippen molar-refractivity contribution >= 4 is 18.6 Å². The van der Waals surface area contributed by atoms with Crippen LogP contribution < -0.4 is 5.46 Å². The molecule has 0 amide bonds. The maximum atomic E-state index is 10.6. The van der Waals surface area contributed by atoms with Crippen LogP contribution in [-0.2, 0) is 11.2 Å². The van der Waals surface area contributed by atoms with E-state index < -0.39 is 13.1 Å². The van der Waals surface area contributed by atoms with Crippen LogP contribution >= 0.6 is 0 Å². The third-order valence-electron chi connectivity index (χ3n) is 2.04. The summed E-state index contributed by atoms with van der Waals surface area (Å²) >= 11 is 0. The molecule has 0 heterocycles. The number of carboxylic acids is 1. The van der Waals surface area contributed by atoms with Gasteiger partial charge in [0.05, 0.1) is 0 Å². The van der Waals surface area contributed by atoms with Crippen LogP contribution in [0.2, 0.25) is 0 Å². The minimum Gasteiger partial charge on any atom is -0.478 e. The van der Waals surface area contributed by atoms with Crippen molar-refractivity contribution in [2.24, 2.45) is 0 Å². The first-order chi connectivity index (χ1) is 7.02. The lowest BCUT2D eigenvalue weighted by molar-refractivity contribution is -0.132. The van der Waals surface area contributed by atoms with Crippen LogP contribution in [0.15, 0.2) is 36.4 Å². The Morgan fingerprint density at radius 3 is 2.47 bits per heavy atom. The summed E-state index contributed by atoms with van der Waals surface area (Å²) in [7, 11) is -1.59. The lowest BCUT2D eigenvalue weighted by atomic mass is 9.76. The van der Waals surface area contributed by atoms with Gasteiger partial charge in [-0.25, -0.2) is 4.79 Å². The number of hydrogen-bond acceptors (Lipinski definition) is 3. The van der Waals surface area contributed by atoms with Crippen molar-refractivity contribution in [3.05, 3.63) is 42.0 Å². The molecule has 0 unspecified atom stereocenters. The third kappa shape index (κ3) is 2.94. The summed E-state index contributed by atoms with van der Waals surface area (Å²) < 4.78 is 0. The van der Waals surface area contributed by atoms with E-state index in [0.29, 0.717) is 11.0 Å². The van der Waals surface area contributed by atoms with E-state index in [1.807, 2.05) is 0 Å². The van der Waals surface area contributed by atoms with Crippen molar-refractivity contribution < 1.29 is 19.9 Å². The van der Waals surface area contributed by atoms with Gasteiger partial charge in [-0.15, -0.1) is 0 Å². The third-order valence-corrected chi connectivity index (χ3v) is 2.04. The fourth-order valence-electron chi connectivity index (χ4n) is 1.25. The summed E-state index contributed by atoms with van der Waals surface area (Å²) in [6.45, 7) is 3.39. The summed E-state index contributed by atoms with van der Waals surface area (Å²) in [5.74, 6) is -1.09. The largest absolute Gasteiger partial charge is 0.488 e. The summed E-state index contributed by atoms with van der Waals surface area (Å²) in [6.07, 6.45) is 0.100. The summed E-state index contributed by atoms with van der Waals surface area (Å²) in [5.41, 5.74) is 0.878. The highest BCUT2D eigenvalue weighted by Gasteiger charge is 2.16. The van der Waals surface area contributed by atoms with Crippen LogP contribution in [0.25, 0.3) is 0 Å². The van der Waals surface area contributed by atoms with E-state index in [-0.39, 0.29) is 12.0 Å². The fourth-order valence-corrected chi connectivity index (χ4v) is 1.25. The number of benzene rings is 1. The van der Waals surface area contributed by atoms with Crippen molar-refractivity contribution in [3.8, 4) is 0 Å². The van der Waals surface area contributed by atoms with Crippen LogP contribution in [0.4, 0.5) is 0 Å². The first-order valence-electron chi connectivity index (χ1n) is 4.37. The first kappa shape index (κ1) is 11.5. The standard InChI is InChI=1S/C10H11BO4/c1-7(10(12)13)6-8-4-2-3-5-9(8)11(14)15/h2-5,14-15H,1,6H2,(H,12,13). The minimum atomic E-state index is -1.59. The Bertz CT molecular complexity index is 387. The molecule has 0 aromatic heterocycles. The Labute approximate surface area is 87.6 Å². The van der Waals surface area contributed by atoms with E-state index in [2.05, 4.69) is 6.58 Å². The zero-order chi connectivity index (χ0) is 11.4. The molecule has 0 spiro atoms. The molecule has 0 saturated heterocycles. The van der Waals surface area contributed by atoms with Gasteiger partial charge in [-0.2, -0.15) is 0 Å². The highest BCUT2D eigenvalue weighted by Crippen LogP contribution is 2.05. The lowest BCUT2D eigenvalue weighted by Gasteiger charge is -2.07. The van der Waals surface area contributed by atoms with Gasteiger partial charge in [0.15, 0.2) is 0 Å². The SMILES string of the molecule is C=C(Cc1ccccc1B(O)O)C(=O)O. The van der Waals surface area contributed by atoms with Gasteiger partial charge in [-0.05, 0) is 11.0 Å². The molecule has 0 saturated carbocycles. The highest BCUT2D eigenvalue weighted by atomic mass is 16.4. The van der Waals surface area contributed by atoms with Crippen molar-refractivity contribution in [1.82, 2.24) is 0 Å². The Morgan fingerprint density at radius 1 is 1.33 bits per heavy atom. The molecule has 1 aromatic rings. The molecular formula is C10H11BO4. The Morgan fingerprint density at radius 2 is 1.93 bits per heavy atom. The zero-order valence-electron chi connectivity index (χ0n) is 8.05. The second-order valence-corrected chi connectivity index (χ2v) is 3.16. The monoisotopic (exact) mass is 206 g/mol. The molecule has 15 heavy (non-hydrogen) atoms. The van der Waals surface area contributed by atoms with Crippen molar-refractivity contribution in [2.45, 2.75) is 6.42 Å². The lowest BCUT2D eigenvalue weighted by Crippen LogP contribution is -2.33. The van der Waals surface area contributed by atoms with E-state index in [1.54, 1.807) is 18.2 Å². The van der Waals surface area contributed by atoms with Crippen LogP contribution in [-0.4, -0.2) is 28.2 Å². The highest BCUT2D eigenvalue weighted by molar-refractivity contribution is 6.59. The number of carboxylic acid groups (broad SMARTS) is 1. The Hall–Kier alpha value is -1.59. The molecule has 0 fully saturated rings. The molecular weight excluding hydrogens is 195 g/mol. The molecule has 0 aliphatic heterocycles. The van der Waals surface area contributed by atoms with Gasteiger partial charge in [0.25, 0.3) is 0 Å². The summed E-state index contributed by atoms with van der Waals surface area (Å²) in [5, 5.41) is 26.7. The molecule has 0 aliphatic carbocycles. The first-order valence-corrected chi connectivity index (χ1v) is 4.37. The molecule has 0 aliphatic rings. The van der Waals surface area contributed by atoms with Gasteiger partial charge in [0.1, 0.15) is 0 Å². The van der Waals surface area contributed by atoms with Crippen molar-refractivity contribution in [2.75, 3.05) is 0 Å². The number of carbonyl (C=O) groups is 1. The van der Waals surface area contributed by atoms with E-state index in [4.69, 9.17) is 15.2 Å². The zero-order valence-corrected chi connectivity index (χ0v) is 8.05. The molecule has 0 radical (unpaired) electrons. The summed E-state index contributed by atoms with van der Waals surface area (Å²) in [6, 6.07) is 6.54. The van der Waals surface area contributed by atoms with Gasteiger partial charge >= 0.3 is 13.1 Å². The molecule has 3 N–H and O–H groups in total. The molecule has 1 rings (SSSR count). The van der Waals surface area contributed by atoms with E-state index in [9.17, 15) is 4.79 Å². The molecule has 78 valence electrons. The smallest absolute Gasteiger partial charge is 0.478 e. The molecule has 4 nitrogen and oxygen atoms in total. The fraction of sp³-hybridized carbons (Fsp3) is 0.100. The van der Waals surface area contributed by atoms with Crippen LogP contribution in [0.3, 0.4) is 0 Å². The molecule has 0 atom stereocenters. The van der Waals surface area contributed by atoms with Crippen LogP contribution in [0.5, 0.6) is 0 Å². The normalized spacial score (nSPS) is 9.73. The molecule has 1 aromatic carbocycles. The Balaban J connectivity index is 2.94. The topological polar surface area (TPSA) is 77.8 Å². The average Bonchev–Trinajstić information content (AvgIpc) is 2.18. The quantitative estimate of drug-likeness (QED) is 0.460. The van der Waals surface area contributed by atoms with E-state index in [1.165, 1.54) is 6.07 Å². The van der Waals surface area contributed by atoms with Gasteiger partial charge in [0, 0.05) is 12.0 Å². The Kier molecular flexibility index (Phi) is 3.65. The van der Waals surface area contributed by atoms with Gasteiger partial charge in [-0.1, -0.05) is 30.8 Å². The predicted octanol–water partition coefficient (Wildman–Crippen LogP) is -0.450. The predicted molar refractivity (Wildman–Crippen MR) is 56.7 cm³/mol. The van der Waals surface area contributed by atoms with Crippen molar-refractivity contribution in [3.63, 3.8) is 0 Å². The minimum absolute atomic E-state index is 0.0168. The second-order valence-electron chi connectivity index (χ2n) is 3.16. The molecule has 5 heteroatoms. The maximum absolute atomic E-state index is 10.6. The van der Waals surface area contributed by atoms with Crippen molar-refractivity contribution in [1.29, 1.82) is 0 Å². The van der Waals surface area contributed by atoms with Gasteiger partial charge < -0.3 is 15.2 Å². The number of hydrogen-bond donors (Lipinski definition) is 3. The van der Waals surface area contributed by atoms with Crippen LogP contribution in [0, 0.1) is 0 Å². The second kappa shape index (κ2) is 4.77. The maximum Gasteiger partial charge on any atom is 0.488 e. The van der Waals surface area contributed by atoms with E-state index in [0.717, 1.165) is 0 Å². The average molecular weight is 206 g/mol. The summed E-state index contributed by atoms with van der Waals surface area (Å²) in [4.78, 5) is 10.6. The van der Waals surface area contributed by atoms with Crippen LogP contribution in [0.1, 0.15) is 5.56 Å². The number of aliphatic carboxylic acids is 1. The van der Waals surface area contributed by atoms with Gasteiger partial charge in [-0.3, -0.25) is 0 Å². The molecule has 0 bridgehead atoms. The van der Waals surface area contributed by atoms with E-state index >= 15 is 0 Å². The van der Waals surface area contributed by atoms with Gasteiger partial charge in [0.2, 0.25) is 0 Å². The number of rotatable bonds is 4.